The standard InChI is InChI=1S/C8H17NO2/c1-7-5-9-4-3-8(7,10)6-11-2/h7,9-10H,3-6H2,1-2H3. The molecule has 0 aromatic heterocycles. The third-order valence-corrected chi connectivity index (χ3v) is 2.50. The third kappa shape index (κ3) is 1.92. The number of hydrogen-bond acceptors (Lipinski definition) is 3. The average Bonchev–Trinajstić information content (AvgIpc) is 1.96. The molecule has 1 fully saturated rings. The maximum absolute atomic E-state index is 9.97. The molecule has 0 spiro atoms. The highest BCUT2D eigenvalue weighted by Gasteiger charge is 2.35. The Bertz CT molecular complexity index is 125. The van der Waals surface area contributed by atoms with Crippen LogP contribution in [0.25, 0.3) is 0 Å². The first-order valence-corrected chi connectivity index (χ1v) is 4.11. The van der Waals surface area contributed by atoms with Crippen molar-refractivity contribution in [3.05, 3.63) is 0 Å². The van der Waals surface area contributed by atoms with Crippen molar-refractivity contribution in [1.29, 1.82) is 0 Å². The number of piperidine rings is 1. The van der Waals surface area contributed by atoms with Gasteiger partial charge < -0.3 is 15.2 Å². The molecule has 1 heterocycles. The molecule has 0 saturated carbocycles. The van der Waals surface area contributed by atoms with Gasteiger partial charge in [0, 0.05) is 13.7 Å². The van der Waals surface area contributed by atoms with Crippen LogP contribution in [0.4, 0.5) is 0 Å². The molecule has 0 aliphatic carbocycles. The lowest BCUT2D eigenvalue weighted by Gasteiger charge is -2.37. The van der Waals surface area contributed by atoms with Gasteiger partial charge in [0.2, 0.25) is 0 Å². The maximum Gasteiger partial charge on any atom is 0.0929 e. The number of nitrogens with one attached hydrogen (secondary N) is 1. The van der Waals surface area contributed by atoms with Crippen LogP contribution in [-0.4, -0.2) is 37.5 Å². The van der Waals surface area contributed by atoms with Crippen LogP contribution in [0.5, 0.6) is 0 Å². The second-order valence-electron chi connectivity index (χ2n) is 3.39. The van der Waals surface area contributed by atoms with Crippen molar-refractivity contribution in [3.8, 4) is 0 Å². The molecule has 0 amide bonds. The summed E-state index contributed by atoms with van der Waals surface area (Å²) in [5.41, 5.74) is -0.597. The van der Waals surface area contributed by atoms with Crippen LogP contribution in [0.1, 0.15) is 13.3 Å². The van der Waals surface area contributed by atoms with Crippen LogP contribution >= 0.6 is 0 Å². The first-order valence-electron chi connectivity index (χ1n) is 4.11. The second-order valence-corrected chi connectivity index (χ2v) is 3.39. The molecule has 3 nitrogen and oxygen atoms in total. The van der Waals surface area contributed by atoms with Crippen LogP contribution < -0.4 is 5.32 Å². The summed E-state index contributed by atoms with van der Waals surface area (Å²) in [4.78, 5) is 0. The van der Waals surface area contributed by atoms with E-state index in [9.17, 15) is 5.11 Å². The van der Waals surface area contributed by atoms with Gasteiger partial charge in [-0.15, -0.1) is 0 Å². The highest BCUT2D eigenvalue weighted by molar-refractivity contribution is 4.89. The maximum atomic E-state index is 9.97. The van der Waals surface area contributed by atoms with E-state index in [1.54, 1.807) is 7.11 Å². The van der Waals surface area contributed by atoms with E-state index in [1.807, 2.05) is 6.92 Å². The molecule has 2 N–H and O–H groups in total. The van der Waals surface area contributed by atoms with Gasteiger partial charge in [-0.3, -0.25) is 0 Å². The molecule has 3 heteroatoms. The molecule has 0 aromatic carbocycles. The summed E-state index contributed by atoms with van der Waals surface area (Å²) in [7, 11) is 1.63. The van der Waals surface area contributed by atoms with Crippen molar-refractivity contribution in [3.63, 3.8) is 0 Å². The molecule has 1 rings (SSSR count). The number of hydrogen-bond donors (Lipinski definition) is 2. The van der Waals surface area contributed by atoms with E-state index in [0.29, 0.717) is 6.61 Å². The van der Waals surface area contributed by atoms with Crippen molar-refractivity contribution in [2.45, 2.75) is 18.9 Å². The Morgan fingerprint density at radius 1 is 1.73 bits per heavy atom. The van der Waals surface area contributed by atoms with Crippen molar-refractivity contribution in [1.82, 2.24) is 5.32 Å². The Balaban J connectivity index is 2.49. The topological polar surface area (TPSA) is 41.5 Å². The minimum atomic E-state index is -0.597. The van der Waals surface area contributed by atoms with Gasteiger partial charge in [0.25, 0.3) is 0 Å². The molecule has 1 saturated heterocycles. The molecule has 11 heavy (non-hydrogen) atoms. The van der Waals surface area contributed by atoms with Gasteiger partial charge in [0.1, 0.15) is 0 Å². The van der Waals surface area contributed by atoms with Crippen molar-refractivity contribution < 1.29 is 9.84 Å². The predicted molar refractivity (Wildman–Crippen MR) is 43.5 cm³/mol. The minimum absolute atomic E-state index is 0.288. The fraction of sp³-hybridized carbons (Fsp3) is 1.00. The lowest BCUT2D eigenvalue weighted by molar-refractivity contribution is -0.0842. The molecular weight excluding hydrogens is 142 g/mol. The van der Waals surface area contributed by atoms with Gasteiger partial charge in [-0.2, -0.15) is 0 Å². The monoisotopic (exact) mass is 159 g/mol. The van der Waals surface area contributed by atoms with E-state index in [1.165, 1.54) is 0 Å². The molecule has 0 radical (unpaired) electrons. The normalized spacial score (nSPS) is 39.0. The van der Waals surface area contributed by atoms with Crippen LogP contribution in [0.15, 0.2) is 0 Å². The number of ether oxygens (including phenoxy) is 1. The van der Waals surface area contributed by atoms with Gasteiger partial charge in [-0.05, 0) is 18.9 Å². The molecule has 66 valence electrons. The van der Waals surface area contributed by atoms with Crippen molar-refractivity contribution in [2.75, 3.05) is 26.8 Å². The summed E-state index contributed by atoms with van der Waals surface area (Å²) < 4.78 is 4.98. The Labute approximate surface area is 67.7 Å². The van der Waals surface area contributed by atoms with Gasteiger partial charge in [-0.25, -0.2) is 0 Å². The van der Waals surface area contributed by atoms with E-state index < -0.39 is 5.60 Å². The first kappa shape index (κ1) is 8.97. The van der Waals surface area contributed by atoms with Gasteiger partial charge in [0.15, 0.2) is 0 Å². The average molecular weight is 159 g/mol. The lowest BCUT2D eigenvalue weighted by atomic mass is 9.84. The zero-order valence-corrected chi connectivity index (χ0v) is 7.26. The van der Waals surface area contributed by atoms with E-state index in [-0.39, 0.29) is 5.92 Å². The zero-order chi connectivity index (χ0) is 8.32. The van der Waals surface area contributed by atoms with E-state index in [4.69, 9.17) is 4.74 Å². The summed E-state index contributed by atoms with van der Waals surface area (Å²) in [5, 5.41) is 13.2. The molecule has 1 aliphatic heterocycles. The zero-order valence-electron chi connectivity index (χ0n) is 7.26. The highest BCUT2D eigenvalue weighted by Crippen LogP contribution is 2.23. The summed E-state index contributed by atoms with van der Waals surface area (Å²) in [6, 6.07) is 0. The van der Waals surface area contributed by atoms with E-state index >= 15 is 0 Å². The Morgan fingerprint density at radius 3 is 3.00 bits per heavy atom. The number of aliphatic hydroxyl groups is 1. The largest absolute Gasteiger partial charge is 0.387 e. The van der Waals surface area contributed by atoms with Crippen LogP contribution in [0.2, 0.25) is 0 Å². The van der Waals surface area contributed by atoms with E-state index in [2.05, 4.69) is 5.32 Å². The first-order chi connectivity index (χ1) is 5.19. The number of rotatable bonds is 2. The fourth-order valence-corrected chi connectivity index (χ4v) is 1.52. The van der Waals surface area contributed by atoms with Gasteiger partial charge in [0.05, 0.1) is 12.2 Å². The van der Waals surface area contributed by atoms with Crippen molar-refractivity contribution in [2.24, 2.45) is 5.92 Å². The quantitative estimate of drug-likeness (QED) is 0.595. The third-order valence-electron chi connectivity index (χ3n) is 2.50. The summed E-state index contributed by atoms with van der Waals surface area (Å²) in [6.45, 7) is 4.28. The number of methoxy groups -OCH3 is 1. The molecule has 0 aromatic rings. The van der Waals surface area contributed by atoms with Gasteiger partial charge >= 0.3 is 0 Å². The van der Waals surface area contributed by atoms with Crippen LogP contribution in [0, 0.1) is 5.92 Å². The smallest absolute Gasteiger partial charge is 0.0929 e. The van der Waals surface area contributed by atoms with E-state index in [0.717, 1.165) is 19.5 Å². The molecule has 2 atom stereocenters. The van der Waals surface area contributed by atoms with Crippen LogP contribution in [-0.2, 0) is 4.74 Å². The van der Waals surface area contributed by atoms with Gasteiger partial charge in [-0.1, -0.05) is 6.92 Å². The fourth-order valence-electron chi connectivity index (χ4n) is 1.52. The predicted octanol–water partition coefficient (Wildman–Crippen LogP) is -0.00670. The summed E-state index contributed by atoms with van der Waals surface area (Å²) in [5.74, 6) is 0.288. The minimum Gasteiger partial charge on any atom is -0.387 e. The van der Waals surface area contributed by atoms with Crippen LogP contribution in [0.3, 0.4) is 0 Å². The second kappa shape index (κ2) is 3.52. The van der Waals surface area contributed by atoms with Crippen molar-refractivity contribution >= 4 is 0 Å². The Hall–Kier alpha value is -0.120. The molecular formula is C8H17NO2. The Kier molecular flexibility index (Phi) is 2.87. The highest BCUT2D eigenvalue weighted by atomic mass is 16.5. The molecule has 1 aliphatic rings. The Morgan fingerprint density at radius 2 is 2.45 bits per heavy atom. The molecule has 2 unspecified atom stereocenters. The molecule has 0 bridgehead atoms. The lowest BCUT2D eigenvalue weighted by Crippen LogP contribution is -2.51. The SMILES string of the molecule is COCC1(O)CCNCC1C. The summed E-state index contributed by atoms with van der Waals surface area (Å²) >= 11 is 0. The summed E-state index contributed by atoms with van der Waals surface area (Å²) in [6.07, 6.45) is 0.794.